The highest BCUT2D eigenvalue weighted by Gasteiger charge is 2.40. The van der Waals surface area contributed by atoms with Crippen molar-refractivity contribution in [2.24, 2.45) is 11.8 Å². The molecule has 1 heterocycles. The van der Waals surface area contributed by atoms with E-state index < -0.39 is 42.9 Å². The van der Waals surface area contributed by atoms with Gasteiger partial charge in [-0.05, 0) is 53.1 Å². The van der Waals surface area contributed by atoms with E-state index in [2.05, 4.69) is 0 Å². The first-order chi connectivity index (χ1) is 19.7. The number of phenolic OH excluding ortho intramolecular Hbond substituents is 2. The standard InChI is InChI=1S/C30H36O11/c1-37-24-10-16(4-7-21(24)32)28(34)19-14-40-15-20(19)29(35)17-6-9-23(26(12-17)39-3)41-27(13-31)30(36)18-5-8-22(33)25(11-18)38-2/h4-12,19-20,27-36H,13-15H2,1-3H3. The van der Waals surface area contributed by atoms with Crippen LogP contribution in [0, 0.1) is 11.8 Å². The van der Waals surface area contributed by atoms with E-state index in [1.165, 1.54) is 45.6 Å². The number of hydrogen-bond donors (Lipinski definition) is 6. The molecule has 41 heavy (non-hydrogen) atoms. The third-order valence-corrected chi connectivity index (χ3v) is 7.41. The van der Waals surface area contributed by atoms with E-state index in [1.54, 1.807) is 30.3 Å². The van der Waals surface area contributed by atoms with Gasteiger partial charge in [0, 0.05) is 11.8 Å². The Morgan fingerprint density at radius 2 is 1.15 bits per heavy atom. The average molecular weight is 573 g/mol. The molecule has 1 aliphatic rings. The summed E-state index contributed by atoms with van der Waals surface area (Å²) >= 11 is 0. The van der Waals surface area contributed by atoms with Gasteiger partial charge in [0.05, 0.1) is 53.4 Å². The summed E-state index contributed by atoms with van der Waals surface area (Å²) in [5, 5.41) is 63.0. The zero-order valence-corrected chi connectivity index (χ0v) is 23.0. The maximum Gasteiger partial charge on any atom is 0.161 e. The molecule has 1 fully saturated rings. The maximum atomic E-state index is 11.3. The van der Waals surface area contributed by atoms with Gasteiger partial charge in [0.15, 0.2) is 40.6 Å². The summed E-state index contributed by atoms with van der Waals surface area (Å²) in [6.45, 7) is -0.0883. The number of aliphatic hydroxyl groups excluding tert-OH is 4. The Labute approximate surface area is 237 Å². The van der Waals surface area contributed by atoms with Gasteiger partial charge in [-0.25, -0.2) is 0 Å². The summed E-state index contributed by atoms with van der Waals surface area (Å²) in [7, 11) is 4.24. The molecular weight excluding hydrogens is 536 g/mol. The third-order valence-electron chi connectivity index (χ3n) is 7.41. The van der Waals surface area contributed by atoms with Crippen LogP contribution >= 0.6 is 0 Å². The number of methoxy groups -OCH3 is 3. The smallest absolute Gasteiger partial charge is 0.161 e. The number of rotatable bonds is 12. The Morgan fingerprint density at radius 3 is 1.66 bits per heavy atom. The Bertz CT molecular complexity index is 1310. The molecule has 6 atom stereocenters. The molecule has 6 unspecified atom stereocenters. The molecule has 0 aliphatic carbocycles. The van der Waals surface area contributed by atoms with Gasteiger partial charge < -0.3 is 54.3 Å². The van der Waals surface area contributed by atoms with E-state index in [0.717, 1.165) is 0 Å². The lowest BCUT2D eigenvalue weighted by Gasteiger charge is -2.28. The average Bonchev–Trinajstić information content (AvgIpc) is 3.49. The van der Waals surface area contributed by atoms with Gasteiger partial charge in [-0.2, -0.15) is 0 Å². The van der Waals surface area contributed by atoms with Gasteiger partial charge in [0.2, 0.25) is 0 Å². The second kappa shape index (κ2) is 13.3. The van der Waals surface area contributed by atoms with Crippen LogP contribution in [0.5, 0.6) is 34.5 Å². The highest BCUT2D eigenvalue weighted by Crippen LogP contribution is 2.43. The van der Waals surface area contributed by atoms with Crippen LogP contribution in [0.3, 0.4) is 0 Å². The molecule has 0 radical (unpaired) electrons. The number of hydrogen-bond acceptors (Lipinski definition) is 11. The summed E-state index contributed by atoms with van der Waals surface area (Å²) in [6, 6.07) is 13.7. The molecule has 1 saturated heterocycles. The zero-order valence-electron chi connectivity index (χ0n) is 23.0. The lowest BCUT2D eigenvalue weighted by Crippen LogP contribution is -2.29. The van der Waals surface area contributed by atoms with Crippen LogP contribution in [0.4, 0.5) is 0 Å². The quantitative estimate of drug-likeness (QED) is 0.189. The molecule has 6 N–H and O–H groups in total. The van der Waals surface area contributed by atoms with Crippen LogP contribution in [0.2, 0.25) is 0 Å². The van der Waals surface area contributed by atoms with Crippen molar-refractivity contribution in [3.63, 3.8) is 0 Å². The summed E-state index contributed by atoms with van der Waals surface area (Å²) in [4.78, 5) is 0. The molecule has 3 aromatic carbocycles. The van der Waals surface area contributed by atoms with E-state index in [1.807, 2.05) is 0 Å². The molecule has 1 aliphatic heterocycles. The highest BCUT2D eigenvalue weighted by molar-refractivity contribution is 5.46. The van der Waals surface area contributed by atoms with Crippen molar-refractivity contribution in [3.05, 3.63) is 71.3 Å². The van der Waals surface area contributed by atoms with E-state index in [0.29, 0.717) is 16.7 Å². The van der Waals surface area contributed by atoms with Crippen molar-refractivity contribution in [3.8, 4) is 34.5 Å². The second-order valence-electron chi connectivity index (χ2n) is 9.81. The summed E-state index contributed by atoms with van der Waals surface area (Å²) in [6.07, 6.45) is -4.36. The van der Waals surface area contributed by atoms with Crippen molar-refractivity contribution >= 4 is 0 Å². The number of benzene rings is 3. The Balaban J connectivity index is 1.52. The van der Waals surface area contributed by atoms with Gasteiger partial charge in [0.1, 0.15) is 6.10 Å². The Kier molecular flexibility index (Phi) is 9.79. The number of aromatic hydroxyl groups is 2. The van der Waals surface area contributed by atoms with E-state index in [-0.39, 0.29) is 47.7 Å². The molecule has 3 aromatic rings. The van der Waals surface area contributed by atoms with Crippen molar-refractivity contribution < 1.29 is 54.3 Å². The molecule has 11 heteroatoms. The van der Waals surface area contributed by atoms with Gasteiger partial charge in [0.25, 0.3) is 0 Å². The van der Waals surface area contributed by atoms with Gasteiger partial charge in [-0.15, -0.1) is 0 Å². The van der Waals surface area contributed by atoms with Crippen LogP contribution < -0.4 is 18.9 Å². The largest absolute Gasteiger partial charge is 0.504 e. The predicted molar refractivity (Wildman–Crippen MR) is 146 cm³/mol. The molecule has 11 nitrogen and oxygen atoms in total. The fourth-order valence-electron chi connectivity index (χ4n) is 5.03. The summed E-state index contributed by atoms with van der Waals surface area (Å²) < 4.78 is 27.3. The van der Waals surface area contributed by atoms with Crippen LogP contribution in [0.15, 0.2) is 54.6 Å². The molecule has 222 valence electrons. The number of aliphatic hydroxyl groups is 4. The van der Waals surface area contributed by atoms with E-state index in [4.69, 9.17) is 23.7 Å². The molecule has 4 rings (SSSR count). The van der Waals surface area contributed by atoms with Crippen LogP contribution in [-0.4, -0.2) is 77.9 Å². The van der Waals surface area contributed by atoms with Crippen molar-refractivity contribution in [1.82, 2.24) is 0 Å². The maximum absolute atomic E-state index is 11.3. The van der Waals surface area contributed by atoms with E-state index in [9.17, 15) is 30.6 Å². The normalized spacial score (nSPS) is 19.7. The summed E-state index contributed by atoms with van der Waals surface area (Å²) in [5.74, 6) is -0.166. The molecule has 0 aromatic heterocycles. The minimum atomic E-state index is -1.26. The lowest BCUT2D eigenvalue weighted by atomic mass is 9.81. The molecular formula is C30H36O11. The molecule has 0 bridgehead atoms. The number of ether oxygens (including phenoxy) is 5. The second-order valence-corrected chi connectivity index (χ2v) is 9.81. The van der Waals surface area contributed by atoms with Crippen LogP contribution in [0.1, 0.15) is 35.0 Å². The molecule has 0 spiro atoms. The van der Waals surface area contributed by atoms with Gasteiger partial charge in [-0.3, -0.25) is 0 Å². The monoisotopic (exact) mass is 572 g/mol. The van der Waals surface area contributed by atoms with Crippen molar-refractivity contribution in [2.75, 3.05) is 41.2 Å². The first-order valence-electron chi connectivity index (χ1n) is 13.0. The molecule has 0 amide bonds. The van der Waals surface area contributed by atoms with Crippen molar-refractivity contribution in [2.45, 2.75) is 24.4 Å². The fourth-order valence-corrected chi connectivity index (χ4v) is 5.03. The van der Waals surface area contributed by atoms with Gasteiger partial charge >= 0.3 is 0 Å². The Hall–Kier alpha value is -3.74. The first kappa shape index (κ1) is 30.2. The number of phenols is 2. The van der Waals surface area contributed by atoms with E-state index >= 15 is 0 Å². The fraction of sp³-hybridized carbons (Fsp3) is 0.400. The minimum absolute atomic E-state index is 0.0455. The topological polar surface area (TPSA) is 168 Å². The SMILES string of the molecule is COc1cc(C(O)C(CO)Oc2ccc(C(O)C3COCC3C(O)c3ccc(O)c(OC)c3)cc2OC)ccc1O. The lowest BCUT2D eigenvalue weighted by molar-refractivity contribution is -0.000658. The third kappa shape index (κ3) is 6.45. The highest BCUT2D eigenvalue weighted by atomic mass is 16.5. The van der Waals surface area contributed by atoms with Crippen LogP contribution in [-0.2, 0) is 4.74 Å². The van der Waals surface area contributed by atoms with Gasteiger partial charge in [-0.1, -0.05) is 18.2 Å². The predicted octanol–water partition coefficient (Wildman–Crippen LogP) is 2.63. The van der Waals surface area contributed by atoms with Crippen molar-refractivity contribution in [1.29, 1.82) is 0 Å². The Morgan fingerprint density at radius 1 is 0.683 bits per heavy atom. The summed E-state index contributed by atoms with van der Waals surface area (Å²) in [5.41, 5.74) is 1.38. The zero-order chi connectivity index (χ0) is 29.7. The molecule has 0 saturated carbocycles. The minimum Gasteiger partial charge on any atom is -0.504 e. The first-order valence-corrected chi connectivity index (χ1v) is 13.0. The van der Waals surface area contributed by atoms with Crippen LogP contribution in [0.25, 0.3) is 0 Å².